The van der Waals surface area contributed by atoms with Crippen LogP contribution in [-0.2, 0) is 9.59 Å². The lowest BCUT2D eigenvalue weighted by molar-refractivity contribution is -0.136. The second kappa shape index (κ2) is 6.21. The number of anilines is 1. The Labute approximate surface area is 149 Å². The van der Waals surface area contributed by atoms with Gasteiger partial charge in [0.15, 0.2) is 0 Å². The molecule has 1 unspecified atom stereocenters. The zero-order valence-corrected chi connectivity index (χ0v) is 14.1. The first kappa shape index (κ1) is 16.7. The second-order valence-electron chi connectivity index (χ2n) is 6.96. The Hall–Kier alpha value is -2.74. The van der Waals surface area contributed by atoms with Gasteiger partial charge in [-0.25, -0.2) is 0 Å². The SMILES string of the molecule is O=C1CCC(N2C(=O)c3ccc(N4CC[C@H](CO)C4)cc3C2=O)C(=O)N1. The summed E-state index contributed by atoms with van der Waals surface area (Å²) >= 11 is 0. The minimum atomic E-state index is -0.950. The van der Waals surface area contributed by atoms with Gasteiger partial charge in [-0.2, -0.15) is 0 Å². The Bertz CT molecular complexity index is 821. The molecule has 8 nitrogen and oxygen atoms in total. The lowest BCUT2D eigenvalue weighted by Crippen LogP contribution is -2.54. The zero-order chi connectivity index (χ0) is 18.4. The van der Waals surface area contributed by atoms with Crippen LogP contribution < -0.4 is 10.2 Å². The maximum absolute atomic E-state index is 12.8. The summed E-state index contributed by atoms with van der Waals surface area (Å²) in [6.45, 7) is 1.61. The number of hydrogen-bond donors (Lipinski definition) is 2. The van der Waals surface area contributed by atoms with Gasteiger partial charge in [-0.3, -0.25) is 29.4 Å². The molecule has 2 atom stereocenters. The molecule has 0 bridgehead atoms. The first-order valence-electron chi connectivity index (χ1n) is 8.71. The number of carbonyl (C=O) groups is 4. The Morgan fingerprint density at radius 3 is 2.54 bits per heavy atom. The van der Waals surface area contributed by atoms with Crippen LogP contribution in [0.15, 0.2) is 18.2 Å². The van der Waals surface area contributed by atoms with E-state index >= 15 is 0 Å². The lowest BCUT2D eigenvalue weighted by Gasteiger charge is -2.27. The Balaban J connectivity index is 1.60. The van der Waals surface area contributed by atoms with Crippen LogP contribution in [-0.4, -0.2) is 59.4 Å². The highest BCUT2D eigenvalue weighted by molar-refractivity contribution is 6.23. The molecule has 0 spiro atoms. The number of carbonyl (C=O) groups excluding carboxylic acids is 4. The normalized spacial score (nSPS) is 25.7. The molecule has 0 radical (unpaired) electrons. The number of aliphatic hydroxyl groups excluding tert-OH is 1. The molecule has 3 aliphatic rings. The summed E-state index contributed by atoms with van der Waals surface area (Å²) in [6.07, 6.45) is 1.13. The summed E-state index contributed by atoms with van der Waals surface area (Å²) in [5.41, 5.74) is 1.39. The molecule has 8 heteroatoms. The molecular formula is C18H19N3O5. The fourth-order valence-corrected chi connectivity index (χ4v) is 3.87. The number of aliphatic hydroxyl groups is 1. The van der Waals surface area contributed by atoms with Gasteiger partial charge < -0.3 is 10.0 Å². The van der Waals surface area contributed by atoms with E-state index in [0.29, 0.717) is 6.54 Å². The molecule has 4 rings (SSSR count). The van der Waals surface area contributed by atoms with Crippen molar-refractivity contribution in [3.05, 3.63) is 29.3 Å². The van der Waals surface area contributed by atoms with E-state index in [0.717, 1.165) is 23.6 Å². The highest BCUT2D eigenvalue weighted by Gasteiger charge is 2.44. The molecule has 3 heterocycles. The number of hydrogen-bond acceptors (Lipinski definition) is 6. The zero-order valence-electron chi connectivity index (χ0n) is 14.1. The smallest absolute Gasteiger partial charge is 0.262 e. The third-order valence-electron chi connectivity index (χ3n) is 5.33. The molecule has 1 aromatic rings. The molecule has 26 heavy (non-hydrogen) atoms. The van der Waals surface area contributed by atoms with E-state index in [4.69, 9.17) is 0 Å². The van der Waals surface area contributed by atoms with Gasteiger partial charge in [0.05, 0.1) is 11.1 Å². The van der Waals surface area contributed by atoms with Crippen LogP contribution >= 0.6 is 0 Å². The summed E-state index contributed by atoms with van der Waals surface area (Å²) < 4.78 is 0. The number of imide groups is 2. The van der Waals surface area contributed by atoms with Crippen LogP contribution in [0, 0.1) is 5.92 Å². The second-order valence-corrected chi connectivity index (χ2v) is 6.96. The fraction of sp³-hybridized carbons (Fsp3) is 0.444. The van der Waals surface area contributed by atoms with E-state index < -0.39 is 29.7 Å². The van der Waals surface area contributed by atoms with Crippen LogP contribution in [0.1, 0.15) is 40.0 Å². The summed E-state index contributed by atoms with van der Waals surface area (Å²) in [4.78, 5) is 51.9. The average molecular weight is 357 g/mol. The first-order chi connectivity index (χ1) is 12.5. The van der Waals surface area contributed by atoms with E-state index in [9.17, 15) is 24.3 Å². The summed E-state index contributed by atoms with van der Waals surface area (Å²) in [5.74, 6) is -1.79. The number of rotatable bonds is 3. The average Bonchev–Trinajstić information content (AvgIpc) is 3.20. The maximum atomic E-state index is 12.8. The van der Waals surface area contributed by atoms with E-state index in [1.807, 2.05) is 0 Å². The number of nitrogens with one attached hydrogen (secondary N) is 1. The molecule has 3 aliphatic heterocycles. The minimum Gasteiger partial charge on any atom is -0.396 e. The predicted molar refractivity (Wildman–Crippen MR) is 90.5 cm³/mol. The number of amides is 4. The molecule has 0 aromatic heterocycles. The molecule has 0 saturated carbocycles. The van der Waals surface area contributed by atoms with Crippen LogP contribution in [0.4, 0.5) is 5.69 Å². The summed E-state index contributed by atoms with van der Waals surface area (Å²) in [5, 5.41) is 11.5. The number of piperidine rings is 1. The van der Waals surface area contributed by atoms with Crippen LogP contribution in [0.25, 0.3) is 0 Å². The van der Waals surface area contributed by atoms with Crippen molar-refractivity contribution < 1.29 is 24.3 Å². The maximum Gasteiger partial charge on any atom is 0.262 e. The Morgan fingerprint density at radius 2 is 1.85 bits per heavy atom. The Morgan fingerprint density at radius 1 is 1.08 bits per heavy atom. The fourth-order valence-electron chi connectivity index (χ4n) is 3.87. The van der Waals surface area contributed by atoms with Gasteiger partial charge in [-0.05, 0) is 31.0 Å². The number of benzene rings is 1. The standard InChI is InChI=1S/C18H19N3O5/c22-9-10-5-6-20(8-10)11-1-2-12-13(7-11)18(26)21(17(12)25)14-3-4-15(23)19-16(14)24/h1-2,7,10,14,22H,3-6,8-9H2,(H,19,23,24)/t10-,14?/m0/s1. The largest absolute Gasteiger partial charge is 0.396 e. The molecule has 0 aliphatic carbocycles. The van der Waals surface area contributed by atoms with E-state index in [2.05, 4.69) is 10.2 Å². The van der Waals surface area contributed by atoms with Crippen LogP contribution in [0.5, 0.6) is 0 Å². The first-order valence-corrected chi connectivity index (χ1v) is 8.71. The highest BCUT2D eigenvalue weighted by Crippen LogP contribution is 2.32. The van der Waals surface area contributed by atoms with Crippen LogP contribution in [0.3, 0.4) is 0 Å². The third kappa shape index (κ3) is 2.57. The highest BCUT2D eigenvalue weighted by atomic mass is 16.3. The van der Waals surface area contributed by atoms with Crippen LogP contribution in [0.2, 0.25) is 0 Å². The van der Waals surface area contributed by atoms with E-state index in [-0.39, 0.29) is 36.5 Å². The number of fused-ring (bicyclic) bond motifs is 1. The van der Waals surface area contributed by atoms with Gasteiger partial charge in [0.1, 0.15) is 6.04 Å². The molecule has 136 valence electrons. The molecular weight excluding hydrogens is 338 g/mol. The molecule has 2 saturated heterocycles. The summed E-state index contributed by atoms with van der Waals surface area (Å²) in [6, 6.07) is 4.14. The van der Waals surface area contributed by atoms with Gasteiger partial charge >= 0.3 is 0 Å². The van der Waals surface area contributed by atoms with Crippen molar-refractivity contribution in [3.8, 4) is 0 Å². The quantitative estimate of drug-likeness (QED) is 0.732. The molecule has 4 amide bonds. The van der Waals surface area contributed by atoms with Crippen molar-refractivity contribution in [2.75, 3.05) is 24.6 Å². The van der Waals surface area contributed by atoms with Gasteiger partial charge in [-0.1, -0.05) is 0 Å². The number of nitrogens with zero attached hydrogens (tertiary/aromatic N) is 2. The van der Waals surface area contributed by atoms with Crippen molar-refractivity contribution in [1.29, 1.82) is 0 Å². The van der Waals surface area contributed by atoms with Crippen molar-refractivity contribution >= 4 is 29.3 Å². The van der Waals surface area contributed by atoms with Gasteiger partial charge in [0, 0.05) is 37.7 Å². The Kier molecular flexibility index (Phi) is 3.99. The third-order valence-corrected chi connectivity index (χ3v) is 5.33. The molecule has 2 fully saturated rings. The van der Waals surface area contributed by atoms with Crippen molar-refractivity contribution in [2.45, 2.75) is 25.3 Å². The molecule has 1 aromatic carbocycles. The van der Waals surface area contributed by atoms with E-state index in [1.165, 1.54) is 0 Å². The van der Waals surface area contributed by atoms with Gasteiger partial charge in [0.25, 0.3) is 11.8 Å². The van der Waals surface area contributed by atoms with Gasteiger partial charge in [-0.15, -0.1) is 0 Å². The molecule has 2 N–H and O–H groups in total. The van der Waals surface area contributed by atoms with Gasteiger partial charge in [0.2, 0.25) is 11.8 Å². The lowest BCUT2D eigenvalue weighted by atomic mass is 10.0. The van der Waals surface area contributed by atoms with Crippen molar-refractivity contribution in [2.24, 2.45) is 5.92 Å². The predicted octanol–water partition coefficient (Wildman–Crippen LogP) is -0.0936. The topological polar surface area (TPSA) is 107 Å². The van der Waals surface area contributed by atoms with Crippen molar-refractivity contribution in [3.63, 3.8) is 0 Å². The summed E-state index contributed by atoms with van der Waals surface area (Å²) in [7, 11) is 0. The van der Waals surface area contributed by atoms with E-state index in [1.54, 1.807) is 18.2 Å². The minimum absolute atomic E-state index is 0.103. The monoisotopic (exact) mass is 357 g/mol. The van der Waals surface area contributed by atoms with Crippen molar-refractivity contribution in [1.82, 2.24) is 10.2 Å².